The van der Waals surface area contributed by atoms with Gasteiger partial charge in [0.2, 0.25) is 0 Å². The minimum absolute atomic E-state index is 0.138. The predicted octanol–water partition coefficient (Wildman–Crippen LogP) is 3.08. The van der Waals surface area contributed by atoms with Crippen LogP contribution in [0.2, 0.25) is 0 Å². The summed E-state index contributed by atoms with van der Waals surface area (Å²) in [6.45, 7) is 1.96. The Morgan fingerprint density at radius 2 is 2.04 bits per heavy atom. The van der Waals surface area contributed by atoms with Crippen molar-refractivity contribution in [3.05, 3.63) is 65.5 Å². The van der Waals surface area contributed by atoms with Crippen LogP contribution in [-0.2, 0) is 12.8 Å². The molecular weight excluding hydrogens is 342 g/mol. The smallest absolute Gasteiger partial charge is 0.354 e. The summed E-state index contributed by atoms with van der Waals surface area (Å²) in [5.41, 5.74) is 5.61. The van der Waals surface area contributed by atoms with Crippen LogP contribution >= 0.6 is 0 Å². The molecule has 134 valence electrons. The fourth-order valence-corrected chi connectivity index (χ4v) is 3.76. The zero-order chi connectivity index (χ0) is 18.5. The van der Waals surface area contributed by atoms with Crippen molar-refractivity contribution in [2.75, 3.05) is 0 Å². The maximum absolute atomic E-state index is 11.5. The maximum atomic E-state index is 11.5. The molecule has 0 spiro atoms. The molecule has 0 unspecified atom stereocenters. The molecule has 7 heteroatoms. The van der Waals surface area contributed by atoms with E-state index in [0.29, 0.717) is 5.65 Å². The molecule has 0 fully saturated rings. The van der Waals surface area contributed by atoms with Crippen molar-refractivity contribution < 1.29 is 9.90 Å². The number of hydrogen-bond donors (Lipinski definition) is 1. The second kappa shape index (κ2) is 5.77. The summed E-state index contributed by atoms with van der Waals surface area (Å²) in [5, 5.41) is 9.42. The number of rotatable bonds is 3. The van der Waals surface area contributed by atoms with Crippen LogP contribution in [0.4, 0.5) is 0 Å². The Bertz CT molecular complexity index is 1200. The average molecular weight is 359 g/mol. The Balaban J connectivity index is 1.76. The van der Waals surface area contributed by atoms with Crippen molar-refractivity contribution >= 4 is 11.6 Å². The number of fused-ring (bicyclic) bond motifs is 2. The zero-order valence-corrected chi connectivity index (χ0v) is 14.8. The summed E-state index contributed by atoms with van der Waals surface area (Å²) in [6.07, 6.45) is 6.16. The van der Waals surface area contributed by atoms with Crippen LogP contribution in [0.5, 0.6) is 0 Å². The van der Waals surface area contributed by atoms with Crippen LogP contribution in [0.3, 0.4) is 0 Å². The second-order valence-corrected chi connectivity index (χ2v) is 6.75. The van der Waals surface area contributed by atoms with E-state index in [0.717, 1.165) is 47.9 Å². The maximum Gasteiger partial charge on any atom is 0.354 e. The molecule has 27 heavy (non-hydrogen) atoms. The van der Waals surface area contributed by atoms with Crippen molar-refractivity contribution in [1.29, 1.82) is 0 Å². The number of aromatic carboxylic acids is 1. The SMILES string of the molecule is Cc1cccc(-c2nc3c(n2-c2ccc4ncc(C(=O)O)n4c2)CCC3)n1. The third-order valence-electron chi connectivity index (χ3n) is 4.97. The van der Waals surface area contributed by atoms with Gasteiger partial charge in [0.1, 0.15) is 11.3 Å². The van der Waals surface area contributed by atoms with Gasteiger partial charge in [-0.15, -0.1) is 0 Å². The van der Waals surface area contributed by atoms with Gasteiger partial charge in [-0.25, -0.2) is 19.7 Å². The van der Waals surface area contributed by atoms with Gasteiger partial charge in [-0.05, 0) is 50.5 Å². The van der Waals surface area contributed by atoms with Gasteiger partial charge in [-0.3, -0.25) is 8.97 Å². The van der Waals surface area contributed by atoms with Crippen LogP contribution < -0.4 is 0 Å². The highest BCUT2D eigenvalue weighted by Crippen LogP contribution is 2.31. The van der Waals surface area contributed by atoms with Crippen molar-refractivity contribution in [3.8, 4) is 17.2 Å². The molecule has 4 aromatic rings. The van der Waals surface area contributed by atoms with E-state index in [1.54, 1.807) is 4.40 Å². The molecule has 0 aliphatic heterocycles. The third kappa shape index (κ3) is 2.43. The lowest BCUT2D eigenvalue weighted by Gasteiger charge is -2.12. The predicted molar refractivity (Wildman–Crippen MR) is 99.3 cm³/mol. The fraction of sp³-hybridized carbons (Fsp3) is 0.200. The van der Waals surface area contributed by atoms with Crippen LogP contribution in [0.1, 0.15) is 34.0 Å². The largest absolute Gasteiger partial charge is 0.477 e. The molecule has 1 aliphatic rings. The van der Waals surface area contributed by atoms with Gasteiger partial charge in [-0.1, -0.05) is 6.07 Å². The number of hydrogen-bond acceptors (Lipinski definition) is 4. The Morgan fingerprint density at radius 1 is 1.15 bits per heavy atom. The number of carboxylic acid groups (broad SMARTS) is 1. The third-order valence-corrected chi connectivity index (χ3v) is 4.97. The van der Waals surface area contributed by atoms with Gasteiger partial charge in [0, 0.05) is 17.6 Å². The topological polar surface area (TPSA) is 85.3 Å². The normalized spacial score (nSPS) is 13.2. The van der Waals surface area contributed by atoms with Gasteiger partial charge in [0.15, 0.2) is 11.5 Å². The van der Waals surface area contributed by atoms with Crippen LogP contribution in [0, 0.1) is 6.92 Å². The molecule has 0 amide bonds. The Kier molecular flexibility index (Phi) is 3.36. The average Bonchev–Trinajstić information content (AvgIpc) is 3.34. The van der Waals surface area contributed by atoms with Gasteiger partial charge in [-0.2, -0.15) is 0 Å². The highest BCUT2D eigenvalue weighted by molar-refractivity contribution is 5.86. The van der Waals surface area contributed by atoms with Gasteiger partial charge in [0.05, 0.1) is 17.6 Å². The molecule has 0 aromatic carbocycles. The van der Waals surface area contributed by atoms with Crippen molar-refractivity contribution in [3.63, 3.8) is 0 Å². The molecule has 4 heterocycles. The van der Waals surface area contributed by atoms with E-state index in [-0.39, 0.29) is 5.69 Å². The molecule has 1 N–H and O–H groups in total. The first-order valence-electron chi connectivity index (χ1n) is 8.87. The minimum Gasteiger partial charge on any atom is -0.477 e. The minimum atomic E-state index is -1.00. The van der Waals surface area contributed by atoms with Gasteiger partial charge < -0.3 is 5.11 Å². The molecule has 7 nitrogen and oxygen atoms in total. The van der Waals surface area contributed by atoms with Crippen LogP contribution in [0.25, 0.3) is 22.9 Å². The molecular formula is C20H17N5O2. The van der Waals surface area contributed by atoms with Gasteiger partial charge >= 0.3 is 5.97 Å². The summed E-state index contributed by atoms with van der Waals surface area (Å²) in [6, 6.07) is 9.67. The summed E-state index contributed by atoms with van der Waals surface area (Å²) in [5.74, 6) is -0.212. The number of carboxylic acids is 1. The number of nitrogens with zero attached hydrogens (tertiary/aromatic N) is 5. The summed E-state index contributed by atoms with van der Waals surface area (Å²) < 4.78 is 3.71. The van der Waals surface area contributed by atoms with Crippen molar-refractivity contribution in [1.82, 2.24) is 23.9 Å². The molecule has 0 saturated carbocycles. The fourth-order valence-electron chi connectivity index (χ4n) is 3.76. The van der Waals surface area contributed by atoms with Gasteiger partial charge in [0.25, 0.3) is 0 Å². The van der Waals surface area contributed by atoms with Crippen molar-refractivity contribution in [2.45, 2.75) is 26.2 Å². The van der Waals surface area contributed by atoms with Crippen molar-refractivity contribution in [2.24, 2.45) is 0 Å². The number of aryl methyl sites for hydroxylation is 2. The first-order valence-corrected chi connectivity index (χ1v) is 8.87. The van der Waals surface area contributed by atoms with E-state index in [4.69, 9.17) is 4.98 Å². The quantitative estimate of drug-likeness (QED) is 0.608. The van der Waals surface area contributed by atoms with E-state index in [1.807, 2.05) is 43.5 Å². The number of aromatic nitrogens is 5. The van der Waals surface area contributed by atoms with E-state index < -0.39 is 5.97 Å². The van der Waals surface area contributed by atoms with E-state index >= 15 is 0 Å². The van der Waals surface area contributed by atoms with E-state index in [2.05, 4.69) is 14.5 Å². The zero-order valence-electron chi connectivity index (χ0n) is 14.8. The molecule has 0 bridgehead atoms. The molecule has 5 rings (SSSR count). The summed E-state index contributed by atoms with van der Waals surface area (Å²) >= 11 is 0. The second-order valence-electron chi connectivity index (χ2n) is 6.75. The standard InChI is InChI=1S/C20H17N5O2/c1-12-4-2-6-15(22-12)19-23-14-5-3-7-16(14)25(19)13-8-9-18-21-10-17(20(26)27)24(18)11-13/h2,4,6,8-11H,3,5,7H2,1H3,(H,26,27). The molecule has 0 atom stereocenters. The summed E-state index contributed by atoms with van der Waals surface area (Å²) in [4.78, 5) is 25.2. The monoisotopic (exact) mass is 359 g/mol. The first-order chi connectivity index (χ1) is 13.1. The Labute approximate surface area is 155 Å². The Morgan fingerprint density at radius 3 is 2.85 bits per heavy atom. The lowest BCUT2D eigenvalue weighted by Crippen LogP contribution is -2.06. The lowest BCUT2D eigenvalue weighted by atomic mass is 10.2. The van der Waals surface area contributed by atoms with Crippen LogP contribution in [0.15, 0.2) is 42.7 Å². The highest BCUT2D eigenvalue weighted by Gasteiger charge is 2.24. The Hall–Kier alpha value is -3.48. The van der Waals surface area contributed by atoms with E-state index in [1.165, 1.54) is 11.9 Å². The molecule has 0 radical (unpaired) electrons. The molecule has 0 saturated heterocycles. The number of pyridine rings is 2. The van der Waals surface area contributed by atoms with E-state index in [9.17, 15) is 9.90 Å². The molecule has 1 aliphatic carbocycles. The first kappa shape index (κ1) is 15.7. The molecule has 4 aromatic heterocycles. The highest BCUT2D eigenvalue weighted by atomic mass is 16.4. The lowest BCUT2D eigenvalue weighted by molar-refractivity contribution is 0.0689. The summed E-state index contributed by atoms with van der Waals surface area (Å²) in [7, 11) is 0. The number of imidazole rings is 2. The number of carbonyl (C=O) groups is 1. The van der Waals surface area contributed by atoms with Crippen LogP contribution in [-0.4, -0.2) is 35.0 Å².